The highest BCUT2D eigenvalue weighted by atomic mass is 16.1. The first-order chi connectivity index (χ1) is 11.5. The molecule has 1 saturated carbocycles. The van der Waals surface area contributed by atoms with Crippen LogP contribution in [0, 0.1) is 11.8 Å². The van der Waals surface area contributed by atoms with Crippen LogP contribution >= 0.6 is 0 Å². The fourth-order valence-electron chi connectivity index (χ4n) is 3.68. The molecule has 0 unspecified atom stereocenters. The minimum atomic E-state index is -0.449. The van der Waals surface area contributed by atoms with Gasteiger partial charge in [0, 0.05) is 12.1 Å². The van der Waals surface area contributed by atoms with E-state index in [-0.39, 0.29) is 0 Å². The maximum Gasteiger partial charge on any atom is 0.211 e. The van der Waals surface area contributed by atoms with Gasteiger partial charge in [-0.25, -0.2) is 0 Å². The van der Waals surface area contributed by atoms with Gasteiger partial charge < -0.3 is 4.90 Å². The monoisotopic (exact) mass is 328 g/mol. The summed E-state index contributed by atoms with van der Waals surface area (Å²) in [4.78, 5) is 28.6. The molecule has 24 heavy (non-hydrogen) atoms. The summed E-state index contributed by atoms with van der Waals surface area (Å²) in [5.41, 5.74) is 1.33. The van der Waals surface area contributed by atoms with Gasteiger partial charge in [-0.2, -0.15) is 0 Å². The van der Waals surface area contributed by atoms with Crippen molar-refractivity contribution in [2.45, 2.75) is 51.6 Å². The largest absolute Gasteiger partial charge is 0.320 e. The van der Waals surface area contributed by atoms with Crippen LogP contribution < -0.4 is 0 Å². The number of aliphatic imine (C=N–C) groups is 1. The van der Waals surface area contributed by atoms with Crippen LogP contribution in [0.25, 0.3) is 0 Å². The summed E-state index contributed by atoms with van der Waals surface area (Å²) >= 11 is 0. The van der Waals surface area contributed by atoms with Gasteiger partial charge in [0.1, 0.15) is 11.9 Å². The topological polar surface area (TPSA) is 49.7 Å². The Morgan fingerprint density at radius 1 is 1.25 bits per heavy atom. The quantitative estimate of drug-likeness (QED) is 0.539. The molecule has 0 spiro atoms. The van der Waals surface area contributed by atoms with Gasteiger partial charge in [0.2, 0.25) is 6.41 Å². The molecular weight excluding hydrogens is 300 g/mol. The summed E-state index contributed by atoms with van der Waals surface area (Å²) in [5.74, 6) is 1.39. The van der Waals surface area contributed by atoms with Crippen molar-refractivity contribution < 1.29 is 9.59 Å². The summed E-state index contributed by atoms with van der Waals surface area (Å²) in [7, 11) is 0. The lowest BCUT2D eigenvalue weighted by molar-refractivity contribution is -0.125. The zero-order chi connectivity index (χ0) is 17.6. The summed E-state index contributed by atoms with van der Waals surface area (Å²) < 4.78 is 0. The van der Waals surface area contributed by atoms with Gasteiger partial charge in [-0.3, -0.25) is 14.6 Å². The highest BCUT2D eigenvalue weighted by Crippen LogP contribution is 2.39. The molecule has 1 aromatic rings. The van der Waals surface area contributed by atoms with E-state index in [1.165, 1.54) is 0 Å². The molecule has 1 fully saturated rings. The van der Waals surface area contributed by atoms with Gasteiger partial charge >= 0.3 is 0 Å². The van der Waals surface area contributed by atoms with E-state index in [0.717, 1.165) is 50.4 Å². The third-order valence-corrected chi connectivity index (χ3v) is 5.49. The second-order valence-corrected chi connectivity index (χ2v) is 7.13. The van der Waals surface area contributed by atoms with Crippen LogP contribution in [0.4, 0.5) is 0 Å². The third kappa shape index (κ3) is 4.11. The number of benzene rings is 1. The van der Waals surface area contributed by atoms with E-state index in [2.05, 4.69) is 25.6 Å². The van der Waals surface area contributed by atoms with Crippen LogP contribution in [0.5, 0.6) is 0 Å². The summed E-state index contributed by atoms with van der Waals surface area (Å²) in [6.07, 6.45) is 6.48. The number of aldehydes is 1. The predicted octanol–water partition coefficient (Wildman–Crippen LogP) is 3.74. The lowest BCUT2D eigenvalue weighted by Gasteiger charge is -2.44. The molecule has 4 heteroatoms. The van der Waals surface area contributed by atoms with Crippen molar-refractivity contribution in [3.63, 3.8) is 0 Å². The molecular formula is C20H28N2O2. The van der Waals surface area contributed by atoms with E-state index in [4.69, 9.17) is 0 Å². The second kappa shape index (κ2) is 8.22. The van der Waals surface area contributed by atoms with Crippen molar-refractivity contribution in [2.24, 2.45) is 16.8 Å². The fraction of sp³-hybridized carbons (Fsp3) is 0.550. The Labute approximate surface area is 145 Å². The van der Waals surface area contributed by atoms with Crippen molar-refractivity contribution >= 4 is 19.4 Å². The highest BCUT2D eigenvalue weighted by molar-refractivity contribution is 5.74. The lowest BCUT2D eigenvalue weighted by atomic mass is 9.76. The minimum absolute atomic E-state index is 0.449. The molecule has 0 N–H and O–H groups in total. The predicted molar refractivity (Wildman–Crippen MR) is 97.4 cm³/mol. The first-order valence-corrected chi connectivity index (χ1v) is 8.78. The van der Waals surface area contributed by atoms with Crippen molar-refractivity contribution in [1.82, 2.24) is 4.90 Å². The van der Waals surface area contributed by atoms with Crippen molar-refractivity contribution in [3.05, 3.63) is 35.4 Å². The molecule has 130 valence electrons. The Kier molecular flexibility index (Phi) is 6.29. The van der Waals surface area contributed by atoms with Crippen molar-refractivity contribution in [2.75, 3.05) is 6.54 Å². The summed E-state index contributed by atoms with van der Waals surface area (Å²) in [5, 5.41) is 0. The SMILES string of the molecule is C=NC1(N(C=O)CCc2ccc(C=O)cc2)CCC(C(C)C)CC1. The van der Waals surface area contributed by atoms with Gasteiger partial charge in [-0.1, -0.05) is 38.1 Å². The van der Waals surface area contributed by atoms with E-state index in [0.29, 0.717) is 23.9 Å². The highest BCUT2D eigenvalue weighted by Gasteiger charge is 2.39. The van der Waals surface area contributed by atoms with Crippen molar-refractivity contribution in [1.29, 1.82) is 0 Å². The molecule has 1 aliphatic rings. The Balaban J connectivity index is 2.01. The lowest BCUT2D eigenvalue weighted by Crippen LogP contribution is -2.50. The van der Waals surface area contributed by atoms with Crippen LogP contribution in [0.15, 0.2) is 29.3 Å². The van der Waals surface area contributed by atoms with Gasteiger partial charge in [0.25, 0.3) is 0 Å². The first kappa shape index (κ1) is 18.4. The molecule has 0 aliphatic heterocycles. The molecule has 0 radical (unpaired) electrons. The first-order valence-electron chi connectivity index (χ1n) is 8.78. The number of carbonyl (C=O) groups is 2. The minimum Gasteiger partial charge on any atom is -0.320 e. The number of rotatable bonds is 8. The normalized spacial score (nSPS) is 23.7. The average molecular weight is 328 g/mol. The number of carbonyl (C=O) groups excluding carboxylic acids is 2. The van der Waals surface area contributed by atoms with E-state index >= 15 is 0 Å². The molecule has 1 amide bonds. The maximum absolute atomic E-state index is 11.7. The third-order valence-electron chi connectivity index (χ3n) is 5.49. The average Bonchev–Trinajstić information content (AvgIpc) is 2.63. The number of amides is 1. The second-order valence-electron chi connectivity index (χ2n) is 7.13. The zero-order valence-corrected chi connectivity index (χ0v) is 14.8. The molecule has 0 saturated heterocycles. The van der Waals surface area contributed by atoms with E-state index < -0.39 is 5.66 Å². The molecule has 0 heterocycles. The zero-order valence-electron chi connectivity index (χ0n) is 14.8. The molecule has 2 rings (SSSR count). The summed E-state index contributed by atoms with van der Waals surface area (Å²) in [6, 6.07) is 7.50. The molecule has 0 bridgehead atoms. The van der Waals surface area contributed by atoms with Gasteiger partial charge in [-0.15, -0.1) is 0 Å². The van der Waals surface area contributed by atoms with E-state index in [1.54, 1.807) is 0 Å². The molecule has 0 atom stereocenters. The van der Waals surface area contributed by atoms with E-state index in [1.807, 2.05) is 29.2 Å². The standard InChI is InChI=1S/C20H28N2O2/c1-16(2)19-8-11-20(21-3,12-9-19)22(15-24)13-10-17-4-6-18(14-23)7-5-17/h4-7,14-16,19H,3,8-13H2,1-2H3. The maximum atomic E-state index is 11.7. The van der Waals surface area contributed by atoms with Crippen molar-refractivity contribution in [3.8, 4) is 0 Å². The molecule has 1 aromatic carbocycles. The van der Waals surface area contributed by atoms with Crippen LogP contribution in [0.1, 0.15) is 55.5 Å². The Bertz CT molecular complexity index is 558. The summed E-state index contributed by atoms with van der Waals surface area (Å²) in [6.45, 7) is 8.93. The Morgan fingerprint density at radius 3 is 2.33 bits per heavy atom. The Morgan fingerprint density at radius 2 is 1.88 bits per heavy atom. The van der Waals surface area contributed by atoms with Crippen LogP contribution in [0.3, 0.4) is 0 Å². The number of hydrogen-bond donors (Lipinski definition) is 0. The van der Waals surface area contributed by atoms with Crippen LogP contribution in [-0.4, -0.2) is 36.5 Å². The van der Waals surface area contributed by atoms with Gasteiger partial charge in [0.15, 0.2) is 0 Å². The Hall–Kier alpha value is -1.97. The number of hydrogen-bond acceptors (Lipinski definition) is 3. The van der Waals surface area contributed by atoms with Crippen LogP contribution in [0.2, 0.25) is 0 Å². The molecule has 1 aliphatic carbocycles. The molecule has 0 aromatic heterocycles. The molecule has 4 nitrogen and oxygen atoms in total. The smallest absolute Gasteiger partial charge is 0.211 e. The van der Waals surface area contributed by atoms with E-state index in [9.17, 15) is 9.59 Å². The number of nitrogens with zero attached hydrogens (tertiary/aromatic N) is 2. The fourth-order valence-corrected chi connectivity index (χ4v) is 3.68. The van der Waals surface area contributed by atoms with Gasteiger partial charge in [0.05, 0.1) is 0 Å². The van der Waals surface area contributed by atoms with Gasteiger partial charge in [-0.05, 0) is 56.2 Å². The van der Waals surface area contributed by atoms with Crippen LogP contribution in [-0.2, 0) is 11.2 Å².